The van der Waals surface area contributed by atoms with E-state index in [0.29, 0.717) is 46.3 Å². The number of aryl methyl sites for hydroxylation is 2. The van der Waals surface area contributed by atoms with Crippen LogP contribution in [0.5, 0.6) is 5.75 Å². The maximum Gasteiger partial charge on any atom is 0.337 e. The Balaban J connectivity index is 1.84. The summed E-state index contributed by atoms with van der Waals surface area (Å²) in [7, 11) is 0. The molecule has 0 fully saturated rings. The second-order valence-electron chi connectivity index (χ2n) is 9.08. The first-order chi connectivity index (χ1) is 16.0. The number of carboxylic acids is 1. The minimum Gasteiger partial charge on any atom is -0.493 e. The third kappa shape index (κ3) is 6.33. The fourth-order valence-electron chi connectivity index (χ4n) is 3.70. The Morgan fingerprint density at radius 1 is 1.06 bits per heavy atom. The lowest BCUT2D eigenvalue weighted by Crippen LogP contribution is -2.28. The topological polar surface area (TPSA) is 68.7 Å². The first kappa shape index (κ1) is 25.7. The van der Waals surface area contributed by atoms with Crippen molar-refractivity contribution in [3.8, 4) is 16.9 Å². The Hall–Kier alpha value is -2.96. The number of aromatic nitrogens is 1. The number of carbonyl (C=O) groups is 1. The van der Waals surface area contributed by atoms with Crippen molar-refractivity contribution in [1.82, 2.24) is 4.98 Å². The van der Waals surface area contributed by atoms with Crippen LogP contribution in [0.2, 0.25) is 5.02 Å². The number of benzene rings is 2. The number of hydrogen-bond acceptors (Lipinski definition) is 4. The van der Waals surface area contributed by atoms with E-state index in [2.05, 4.69) is 4.98 Å². The lowest BCUT2D eigenvalue weighted by atomic mass is 9.97. The fourth-order valence-corrected chi connectivity index (χ4v) is 4.18. The van der Waals surface area contributed by atoms with Gasteiger partial charge in [-0.15, -0.1) is 0 Å². The first-order valence-corrected chi connectivity index (χ1v) is 11.4. The van der Waals surface area contributed by atoms with E-state index in [1.165, 1.54) is 12.1 Å². The molecule has 0 radical (unpaired) electrons. The molecule has 3 rings (SSSR count). The number of pyridine rings is 1. The van der Waals surface area contributed by atoms with Crippen molar-refractivity contribution in [2.24, 2.45) is 0 Å². The van der Waals surface area contributed by atoms with Crippen LogP contribution in [0.4, 0.5) is 4.39 Å². The van der Waals surface area contributed by atoms with E-state index in [4.69, 9.17) is 21.1 Å². The lowest BCUT2D eigenvalue weighted by molar-refractivity contribution is -0.160. The molecule has 180 valence electrons. The second kappa shape index (κ2) is 10.5. The number of hydrogen-bond donors (Lipinski definition) is 1. The van der Waals surface area contributed by atoms with E-state index >= 15 is 0 Å². The Kier molecular flexibility index (Phi) is 7.95. The smallest absolute Gasteiger partial charge is 0.337 e. The van der Waals surface area contributed by atoms with Crippen molar-refractivity contribution < 1.29 is 23.8 Å². The van der Waals surface area contributed by atoms with Crippen LogP contribution < -0.4 is 4.74 Å². The number of carboxylic acid groups (broad SMARTS) is 1. The summed E-state index contributed by atoms with van der Waals surface area (Å²) in [6.45, 7) is 9.41. The number of halogens is 2. The van der Waals surface area contributed by atoms with Crippen molar-refractivity contribution >= 4 is 17.6 Å². The molecule has 0 aliphatic rings. The highest BCUT2D eigenvalue weighted by atomic mass is 35.5. The normalized spacial score (nSPS) is 12.4. The summed E-state index contributed by atoms with van der Waals surface area (Å²) in [5, 5.41) is 10.1. The van der Waals surface area contributed by atoms with Gasteiger partial charge in [0.15, 0.2) is 6.10 Å². The van der Waals surface area contributed by atoms with Gasteiger partial charge in [0.2, 0.25) is 0 Å². The molecule has 0 amide bonds. The lowest BCUT2D eigenvalue weighted by Gasteiger charge is -2.27. The highest BCUT2D eigenvalue weighted by molar-refractivity contribution is 6.34. The van der Waals surface area contributed by atoms with E-state index < -0.39 is 17.7 Å². The molecule has 0 spiro atoms. The molecule has 2 aromatic carbocycles. The monoisotopic (exact) mass is 485 g/mol. The summed E-state index contributed by atoms with van der Waals surface area (Å²) in [5.41, 5.74) is 3.32. The van der Waals surface area contributed by atoms with Crippen molar-refractivity contribution in [2.75, 3.05) is 6.61 Å². The summed E-state index contributed by atoms with van der Waals surface area (Å²) < 4.78 is 24.7. The molecular weight excluding hydrogens is 457 g/mol. The minimum atomic E-state index is -1.24. The molecule has 1 N–H and O–H groups in total. The van der Waals surface area contributed by atoms with Gasteiger partial charge < -0.3 is 14.6 Å². The standard InChI is InChI=1S/C27H29ClFNO4/c1-16-22(24(28)23(17(2)30-16)25(26(31)32)34-27(3,4)5)19-8-12-21(13-9-19)33-15-14-18-6-10-20(29)11-7-18/h6-13,25H,14-15H2,1-5H3,(H,31,32). The summed E-state index contributed by atoms with van der Waals surface area (Å²) in [5.74, 6) is -0.705. The zero-order valence-electron chi connectivity index (χ0n) is 20.0. The van der Waals surface area contributed by atoms with E-state index in [1.807, 2.05) is 31.2 Å². The van der Waals surface area contributed by atoms with Crippen LogP contribution in [0.25, 0.3) is 11.1 Å². The van der Waals surface area contributed by atoms with E-state index in [1.54, 1.807) is 39.8 Å². The van der Waals surface area contributed by atoms with Gasteiger partial charge in [0, 0.05) is 28.9 Å². The fraction of sp³-hybridized carbons (Fsp3) is 0.333. The van der Waals surface area contributed by atoms with Crippen LogP contribution in [0.15, 0.2) is 48.5 Å². The predicted octanol–water partition coefficient (Wildman–Crippen LogP) is 6.72. The molecule has 0 saturated carbocycles. The highest BCUT2D eigenvalue weighted by Crippen LogP contribution is 2.40. The third-order valence-electron chi connectivity index (χ3n) is 5.22. The van der Waals surface area contributed by atoms with Gasteiger partial charge in [-0.2, -0.15) is 0 Å². The van der Waals surface area contributed by atoms with Gasteiger partial charge in [-0.1, -0.05) is 35.9 Å². The van der Waals surface area contributed by atoms with E-state index in [0.717, 1.165) is 11.1 Å². The quantitative estimate of drug-likeness (QED) is 0.383. The van der Waals surface area contributed by atoms with Crippen molar-refractivity contribution in [1.29, 1.82) is 0 Å². The molecule has 1 heterocycles. The van der Waals surface area contributed by atoms with Crippen LogP contribution >= 0.6 is 11.6 Å². The SMILES string of the molecule is Cc1nc(C)c(C(OC(C)(C)C)C(=O)O)c(Cl)c1-c1ccc(OCCc2ccc(F)cc2)cc1. The largest absolute Gasteiger partial charge is 0.493 e. The summed E-state index contributed by atoms with van der Waals surface area (Å²) in [6, 6.07) is 13.7. The Morgan fingerprint density at radius 2 is 1.68 bits per heavy atom. The Bertz CT molecular complexity index is 1160. The van der Waals surface area contributed by atoms with Gasteiger partial charge in [0.05, 0.1) is 17.2 Å². The maximum absolute atomic E-state index is 13.0. The van der Waals surface area contributed by atoms with Gasteiger partial charge >= 0.3 is 5.97 Å². The molecule has 7 heteroatoms. The van der Waals surface area contributed by atoms with E-state index in [-0.39, 0.29) is 5.82 Å². The summed E-state index contributed by atoms with van der Waals surface area (Å²) >= 11 is 6.78. The van der Waals surface area contributed by atoms with E-state index in [9.17, 15) is 14.3 Å². The van der Waals surface area contributed by atoms with Crippen LogP contribution in [-0.4, -0.2) is 28.3 Å². The molecule has 0 aliphatic carbocycles. The number of aliphatic carboxylic acids is 1. The van der Waals surface area contributed by atoms with Gasteiger partial charge in [0.1, 0.15) is 11.6 Å². The number of rotatable bonds is 8. The number of ether oxygens (including phenoxy) is 2. The molecule has 1 aromatic heterocycles. The van der Waals surface area contributed by atoms with Crippen LogP contribution in [0.3, 0.4) is 0 Å². The van der Waals surface area contributed by atoms with Gasteiger partial charge in [0.25, 0.3) is 0 Å². The molecule has 5 nitrogen and oxygen atoms in total. The van der Waals surface area contributed by atoms with Crippen molar-refractivity contribution in [3.63, 3.8) is 0 Å². The number of nitrogens with zero attached hydrogens (tertiary/aromatic N) is 1. The molecule has 34 heavy (non-hydrogen) atoms. The van der Waals surface area contributed by atoms with Gasteiger partial charge in [-0.25, -0.2) is 9.18 Å². The van der Waals surface area contributed by atoms with Crippen molar-refractivity contribution in [2.45, 2.75) is 52.7 Å². The van der Waals surface area contributed by atoms with Crippen LogP contribution in [0, 0.1) is 19.7 Å². The minimum absolute atomic E-state index is 0.261. The zero-order chi connectivity index (χ0) is 25.0. The average Bonchev–Trinajstić information content (AvgIpc) is 2.74. The summed E-state index contributed by atoms with van der Waals surface area (Å²) in [6.07, 6.45) is -0.587. The van der Waals surface area contributed by atoms with Gasteiger partial charge in [-0.3, -0.25) is 4.98 Å². The molecule has 1 atom stereocenters. The molecule has 3 aromatic rings. The predicted molar refractivity (Wildman–Crippen MR) is 131 cm³/mol. The first-order valence-electron chi connectivity index (χ1n) is 11.0. The second-order valence-corrected chi connectivity index (χ2v) is 9.46. The van der Waals surface area contributed by atoms with Crippen LogP contribution in [-0.2, 0) is 16.0 Å². The Labute approximate surface area is 204 Å². The molecule has 0 bridgehead atoms. The molecule has 0 aliphatic heterocycles. The average molecular weight is 486 g/mol. The molecule has 1 unspecified atom stereocenters. The molecule has 0 saturated heterocycles. The van der Waals surface area contributed by atoms with Gasteiger partial charge in [-0.05, 0) is 70.0 Å². The van der Waals surface area contributed by atoms with Crippen molar-refractivity contribution in [3.05, 3.63) is 81.9 Å². The Morgan fingerprint density at radius 3 is 2.24 bits per heavy atom. The third-order valence-corrected chi connectivity index (χ3v) is 5.61. The van der Waals surface area contributed by atoms with Crippen LogP contribution in [0.1, 0.15) is 49.4 Å². The zero-order valence-corrected chi connectivity index (χ0v) is 20.7. The summed E-state index contributed by atoms with van der Waals surface area (Å²) in [4.78, 5) is 16.6. The highest BCUT2D eigenvalue weighted by Gasteiger charge is 2.32. The maximum atomic E-state index is 13.0. The molecular formula is C27H29ClFNO4.